The number of rotatable bonds is 13. The molecule has 9 heteroatoms. The zero-order valence-electron chi connectivity index (χ0n) is 28.8. The fourth-order valence-corrected chi connectivity index (χ4v) is 6.87. The third-order valence-electron chi connectivity index (χ3n) is 7.96. The molecule has 0 saturated heterocycles. The molecule has 0 aliphatic heterocycles. The van der Waals surface area contributed by atoms with Crippen LogP contribution >= 0.6 is 0 Å². The lowest BCUT2D eigenvalue weighted by Crippen LogP contribution is -2.56. The van der Waals surface area contributed by atoms with Gasteiger partial charge >= 0.3 is 0 Å². The van der Waals surface area contributed by atoms with E-state index in [1.165, 1.54) is 17.0 Å². The standard InChI is InChI=1S/C41H43N3O5S/c1-31-20-26-37(27-21-31)50(47,48)44(34-22-24-36(25-23-34)49-35-18-12-7-13-19-35)30-39(45)43(29-33-16-10-6-11-17-33)38(40(46)42-41(2,3)4)28-32-14-8-5-9-15-32/h5-27,38H,28-30H2,1-4H3,(H,42,46)/t38-/m1/s1. The number of carbonyl (C=O) groups excluding carboxylic acids is 2. The summed E-state index contributed by atoms with van der Waals surface area (Å²) >= 11 is 0. The summed E-state index contributed by atoms with van der Waals surface area (Å²) in [5.74, 6) is 0.278. The number of carbonyl (C=O) groups is 2. The van der Waals surface area contributed by atoms with Gasteiger partial charge in [0.2, 0.25) is 11.8 Å². The summed E-state index contributed by atoms with van der Waals surface area (Å²) < 4.78 is 35.8. The van der Waals surface area contributed by atoms with E-state index < -0.39 is 34.1 Å². The van der Waals surface area contributed by atoms with Gasteiger partial charge in [0.25, 0.3) is 10.0 Å². The lowest BCUT2D eigenvalue weighted by molar-refractivity contribution is -0.140. The van der Waals surface area contributed by atoms with Gasteiger partial charge in [-0.3, -0.25) is 13.9 Å². The number of para-hydroxylation sites is 1. The van der Waals surface area contributed by atoms with Gasteiger partial charge in [-0.05, 0) is 87.4 Å². The maximum absolute atomic E-state index is 14.7. The van der Waals surface area contributed by atoms with Crippen LogP contribution in [-0.2, 0) is 32.6 Å². The molecule has 0 radical (unpaired) electrons. The van der Waals surface area contributed by atoms with Crippen LogP contribution in [0.5, 0.6) is 11.5 Å². The predicted octanol–water partition coefficient (Wildman–Crippen LogP) is 7.54. The molecule has 0 bridgehead atoms. The SMILES string of the molecule is Cc1ccc(S(=O)(=O)N(CC(=O)N(Cc2ccccc2)[C@H](Cc2ccccc2)C(=O)NC(C)(C)C)c2ccc(Oc3ccccc3)cc2)cc1. The predicted molar refractivity (Wildman–Crippen MR) is 197 cm³/mol. The monoisotopic (exact) mass is 689 g/mol. The van der Waals surface area contributed by atoms with Crippen molar-refractivity contribution in [2.45, 2.75) is 57.1 Å². The van der Waals surface area contributed by atoms with Crippen molar-refractivity contribution < 1.29 is 22.7 Å². The molecule has 0 heterocycles. The van der Waals surface area contributed by atoms with Gasteiger partial charge in [-0.2, -0.15) is 0 Å². The second kappa shape index (κ2) is 15.9. The van der Waals surface area contributed by atoms with E-state index >= 15 is 0 Å². The average Bonchev–Trinajstić information content (AvgIpc) is 3.10. The van der Waals surface area contributed by atoms with Crippen LogP contribution in [0.1, 0.15) is 37.5 Å². The minimum absolute atomic E-state index is 0.0430. The number of benzene rings is 5. The van der Waals surface area contributed by atoms with Crippen LogP contribution in [0.3, 0.4) is 0 Å². The Morgan fingerprint density at radius 1 is 0.700 bits per heavy atom. The van der Waals surface area contributed by atoms with Crippen molar-refractivity contribution in [3.8, 4) is 11.5 Å². The fourth-order valence-electron chi connectivity index (χ4n) is 5.46. The van der Waals surface area contributed by atoms with Gasteiger partial charge in [0.15, 0.2) is 0 Å². The Balaban J connectivity index is 1.56. The van der Waals surface area contributed by atoms with Crippen LogP contribution in [0, 0.1) is 6.92 Å². The first-order valence-electron chi connectivity index (χ1n) is 16.5. The average molecular weight is 690 g/mol. The van der Waals surface area contributed by atoms with Crippen molar-refractivity contribution in [3.05, 3.63) is 156 Å². The van der Waals surface area contributed by atoms with Gasteiger partial charge in [0, 0.05) is 18.5 Å². The van der Waals surface area contributed by atoms with E-state index in [-0.39, 0.29) is 29.5 Å². The third kappa shape index (κ3) is 9.60. The second-order valence-electron chi connectivity index (χ2n) is 13.2. The minimum Gasteiger partial charge on any atom is -0.457 e. The number of nitrogens with zero attached hydrogens (tertiary/aromatic N) is 2. The molecule has 8 nitrogen and oxygen atoms in total. The zero-order chi connectivity index (χ0) is 35.7. The van der Waals surface area contributed by atoms with Crippen LogP contribution in [0.2, 0.25) is 0 Å². The Kier molecular flexibility index (Phi) is 11.4. The molecular formula is C41H43N3O5S. The summed E-state index contributed by atoms with van der Waals surface area (Å²) in [6.07, 6.45) is 0.234. The van der Waals surface area contributed by atoms with Crippen molar-refractivity contribution in [2.24, 2.45) is 0 Å². The molecule has 0 aliphatic carbocycles. The topological polar surface area (TPSA) is 96.0 Å². The van der Waals surface area contributed by atoms with Gasteiger partial charge in [0.05, 0.1) is 10.6 Å². The fraction of sp³-hybridized carbons (Fsp3) is 0.220. The summed E-state index contributed by atoms with van der Waals surface area (Å²) in [5, 5.41) is 3.05. The summed E-state index contributed by atoms with van der Waals surface area (Å²) in [7, 11) is -4.23. The number of hydrogen-bond acceptors (Lipinski definition) is 5. The molecule has 258 valence electrons. The molecule has 0 aromatic heterocycles. The number of aryl methyl sites for hydroxylation is 1. The second-order valence-corrected chi connectivity index (χ2v) is 15.0. The van der Waals surface area contributed by atoms with E-state index in [2.05, 4.69) is 5.32 Å². The summed E-state index contributed by atoms with van der Waals surface area (Å²) in [4.78, 5) is 30.3. The molecule has 1 atom stereocenters. The summed E-state index contributed by atoms with van der Waals surface area (Å²) in [5.41, 5.74) is 2.27. The van der Waals surface area contributed by atoms with Crippen LogP contribution in [-0.4, -0.2) is 43.3 Å². The Bertz CT molecular complexity index is 1960. The normalized spacial score (nSPS) is 12.1. The number of nitrogens with one attached hydrogen (secondary N) is 1. The van der Waals surface area contributed by atoms with E-state index in [9.17, 15) is 18.0 Å². The molecule has 0 spiro atoms. The molecule has 0 aliphatic rings. The highest BCUT2D eigenvalue weighted by Crippen LogP contribution is 2.29. The summed E-state index contributed by atoms with van der Waals surface area (Å²) in [6.45, 7) is 7.08. The quantitative estimate of drug-likeness (QED) is 0.138. The first kappa shape index (κ1) is 35.9. The van der Waals surface area contributed by atoms with Crippen LogP contribution in [0.4, 0.5) is 5.69 Å². The molecule has 5 rings (SSSR count). The maximum Gasteiger partial charge on any atom is 0.264 e. The van der Waals surface area contributed by atoms with Gasteiger partial charge in [-0.25, -0.2) is 8.42 Å². The maximum atomic E-state index is 14.7. The van der Waals surface area contributed by atoms with Crippen molar-refractivity contribution >= 4 is 27.5 Å². The van der Waals surface area contributed by atoms with Crippen molar-refractivity contribution in [2.75, 3.05) is 10.8 Å². The Labute approximate surface area is 295 Å². The third-order valence-corrected chi connectivity index (χ3v) is 9.74. The van der Waals surface area contributed by atoms with Gasteiger partial charge in [0.1, 0.15) is 24.1 Å². The number of ether oxygens (including phenoxy) is 1. The van der Waals surface area contributed by atoms with Crippen molar-refractivity contribution in [3.63, 3.8) is 0 Å². The smallest absolute Gasteiger partial charge is 0.264 e. The first-order chi connectivity index (χ1) is 23.9. The highest BCUT2D eigenvalue weighted by Gasteiger charge is 2.35. The van der Waals surface area contributed by atoms with Crippen molar-refractivity contribution in [1.82, 2.24) is 10.2 Å². The molecule has 5 aromatic rings. The molecule has 2 amide bonds. The lowest BCUT2D eigenvalue weighted by Gasteiger charge is -2.35. The van der Waals surface area contributed by atoms with Gasteiger partial charge < -0.3 is 15.0 Å². The number of sulfonamides is 1. The molecule has 50 heavy (non-hydrogen) atoms. The largest absolute Gasteiger partial charge is 0.457 e. The molecule has 0 fully saturated rings. The van der Waals surface area contributed by atoms with E-state index in [1.54, 1.807) is 36.4 Å². The van der Waals surface area contributed by atoms with Crippen LogP contribution in [0.15, 0.2) is 144 Å². The lowest BCUT2D eigenvalue weighted by atomic mass is 10.0. The zero-order valence-corrected chi connectivity index (χ0v) is 29.6. The number of amides is 2. The van der Waals surface area contributed by atoms with E-state index in [0.717, 1.165) is 21.0 Å². The molecule has 1 N–H and O–H groups in total. The Hall–Kier alpha value is -5.41. The first-order valence-corrected chi connectivity index (χ1v) is 17.9. The molecule has 5 aromatic carbocycles. The van der Waals surface area contributed by atoms with Gasteiger partial charge in [-0.1, -0.05) is 96.6 Å². The van der Waals surface area contributed by atoms with Crippen LogP contribution < -0.4 is 14.4 Å². The summed E-state index contributed by atoms with van der Waals surface area (Å²) in [6, 6.07) is 40.3. The van der Waals surface area contributed by atoms with Gasteiger partial charge in [-0.15, -0.1) is 0 Å². The van der Waals surface area contributed by atoms with Crippen molar-refractivity contribution in [1.29, 1.82) is 0 Å². The highest BCUT2D eigenvalue weighted by molar-refractivity contribution is 7.92. The minimum atomic E-state index is -4.23. The van der Waals surface area contributed by atoms with Crippen LogP contribution in [0.25, 0.3) is 0 Å². The number of anilines is 1. The molecule has 0 unspecified atom stereocenters. The number of hydrogen-bond donors (Lipinski definition) is 1. The molecule has 0 saturated carbocycles. The molecular weight excluding hydrogens is 647 g/mol. The van der Waals surface area contributed by atoms with E-state index in [4.69, 9.17) is 4.74 Å². The van der Waals surface area contributed by atoms with E-state index in [0.29, 0.717) is 11.5 Å². The Morgan fingerprint density at radius 2 is 1.22 bits per heavy atom. The highest BCUT2D eigenvalue weighted by atomic mass is 32.2. The van der Waals surface area contributed by atoms with E-state index in [1.807, 2.05) is 119 Å². The Morgan fingerprint density at radius 3 is 1.78 bits per heavy atom.